The molecule has 0 saturated heterocycles. The van der Waals surface area contributed by atoms with Gasteiger partial charge in [-0.15, -0.1) is 0 Å². The van der Waals surface area contributed by atoms with Gasteiger partial charge in [0, 0.05) is 0 Å². The minimum absolute atomic E-state index is 0. The SMILES string of the molecule is C.C.C[N+](C)(C)CC[N+](C)(C)CCCCCCOc1ccc(/C=C/c2ccc(OCCCCCC[N+](C)(C)CC[N+](C)(C)C)cc2)cc1.C[N+](C)(C)CC[N+](C)(C)CCCCOc1ccc(/C=C/c2ccc(OCCCC[N+](C)(C)CC[N+](C)(C)C)cc2)cc1.[I-].[I-].[I-].[I-].[I-].[I-].[I-].[I-]. The summed E-state index contributed by atoms with van der Waals surface area (Å²) < 4.78 is 32.5. The quantitative estimate of drug-likeness (QED) is 0.0191. The van der Waals surface area contributed by atoms with Crippen molar-refractivity contribution in [3.8, 4) is 23.0 Å². The van der Waals surface area contributed by atoms with E-state index >= 15 is 0 Å². The lowest BCUT2D eigenvalue weighted by Crippen LogP contribution is -3.00. The van der Waals surface area contributed by atoms with Crippen LogP contribution in [-0.2, 0) is 0 Å². The largest absolute Gasteiger partial charge is 1.00 e. The van der Waals surface area contributed by atoms with Crippen LogP contribution in [0.5, 0.6) is 23.0 Å². The Morgan fingerprint density at radius 3 is 0.531 bits per heavy atom. The first kappa shape index (κ1) is 115. The van der Waals surface area contributed by atoms with Gasteiger partial charge in [-0.1, -0.05) is 87.7 Å². The second kappa shape index (κ2) is 59.1. The average Bonchev–Trinajstić information content (AvgIpc) is 1.27. The minimum atomic E-state index is 0. The standard InChI is InChI=1S/C40H72N4O2.C36H64N4O2.2CH4.8HI/c1-41(2,3)31-33-43(7,8)29-15-11-13-17-35-45-39-25-21-37(22-26-39)19-20-38-23-27-40(28-24-38)46-36-18-14-12-16-30-44(9,10)34-32-42(4,5)6;1-37(2,3)27-29-39(7,8)25-11-13-31-41-35-21-17-33(18-22-35)15-16-34-19-23-36(24-20-34)42-32-14-12-26-40(9,10)30-28-38(4,5)6;;;;;;;;;;/h19-28H,11-18,29-36H2,1-10H3;15-24H,11-14,25-32H2,1-10H3;2*1H4;8*1H/q2*+4;;;;;;;;;;/p-8/b20-19+;16-15+;;;;;;;;;;. The summed E-state index contributed by atoms with van der Waals surface area (Å²) in [7, 11) is 46.0. The molecule has 0 aromatic heterocycles. The van der Waals surface area contributed by atoms with Crippen LogP contribution in [0.25, 0.3) is 24.3 Å². The van der Waals surface area contributed by atoms with Crippen molar-refractivity contribution < 1.29 is 247 Å². The van der Waals surface area contributed by atoms with Crippen molar-refractivity contribution in [1.82, 2.24) is 0 Å². The van der Waals surface area contributed by atoms with Gasteiger partial charge in [-0.25, -0.2) is 0 Å². The third kappa shape index (κ3) is 63.2. The van der Waals surface area contributed by atoms with Crippen LogP contribution in [0.2, 0.25) is 0 Å². The van der Waals surface area contributed by atoms with Gasteiger partial charge in [-0.05, 0) is 148 Å². The first-order valence-corrected chi connectivity index (χ1v) is 33.8. The van der Waals surface area contributed by atoms with Gasteiger partial charge in [0.1, 0.15) is 75.4 Å². The summed E-state index contributed by atoms with van der Waals surface area (Å²) in [6.07, 6.45) is 23.0. The number of likely N-dealkylation sites (N-methyl/N-ethyl adjacent to an activating group) is 8. The fraction of sp³-hybridized carbons (Fsp3) is 0.641. The fourth-order valence-corrected chi connectivity index (χ4v) is 9.85. The van der Waals surface area contributed by atoms with Gasteiger partial charge in [0.25, 0.3) is 0 Å². The molecule has 0 saturated carbocycles. The van der Waals surface area contributed by atoms with Gasteiger partial charge in [0.2, 0.25) is 0 Å². The number of halogens is 8. The average molecular weight is 2270 g/mol. The third-order valence-corrected chi connectivity index (χ3v) is 16.7. The second-order valence-corrected chi connectivity index (χ2v) is 32.2. The van der Waals surface area contributed by atoms with Crippen LogP contribution >= 0.6 is 0 Å². The highest BCUT2D eigenvalue weighted by molar-refractivity contribution is 5.71. The predicted molar refractivity (Wildman–Crippen MR) is 393 cm³/mol. The summed E-state index contributed by atoms with van der Waals surface area (Å²) in [6, 6.07) is 33.6. The van der Waals surface area contributed by atoms with Crippen LogP contribution in [0, 0.1) is 0 Å². The van der Waals surface area contributed by atoms with Crippen molar-refractivity contribution in [1.29, 1.82) is 0 Å². The van der Waals surface area contributed by atoms with Crippen molar-refractivity contribution in [3.63, 3.8) is 0 Å². The molecule has 0 bridgehead atoms. The number of hydrogen-bond donors (Lipinski definition) is 0. The number of hydrogen-bond acceptors (Lipinski definition) is 4. The van der Waals surface area contributed by atoms with E-state index in [2.05, 4.69) is 262 Å². The summed E-state index contributed by atoms with van der Waals surface area (Å²) in [6.45, 7) is 17.7. The van der Waals surface area contributed by atoms with E-state index in [1.807, 2.05) is 0 Å². The maximum Gasteiger partial charge on any atom is 0.128 e. The van der Waals surface area contributed by atoms with E-state index in [1.54, 1.807) is 0 Å². The van der Waals surface area contributed by atoms with Crippen molar-refractivity contribution in [2.75, 3.05) is 246 Å². The van der Waals surface area contributed by atoms with Gasteiger partial charge < -0.3 is 247 Å². The molecule has 0 fully saturated rings. The molecule has 0 atom stereocenters. The summed E-state index contributed by atoms with van der Waals surface area (Å²) in [5.74, 6) is 3.80. The zero-order chi connectivity index (χ0) is 65.4. The molecule has 0 heterocycles. The molecule has 0 aliphatic carbocycles. The van der Waals surface area contributed by atoms with Crippen molar-refractivity contribution in [2.24, 2.45) is 0 Å². The minimum Gasteiger partial charge on any atom is -1.00 e. The van der Waals surface area contributed by atoms with Crippen LogP contribution in [0.1, 0.15) is 114 Å². The summed E-state index contributed by atoms with van der Waals surface area (Å²) >= 11 is 0. The van der Waals surface area contributed by atoms with E-state index in [1.165, 1.54) is 152 Å². The number of unbranched alkanes of at least 4 members (excludes halogenated alkanes) is 8. The lowest BCUT2D eigenvalue weighted by Gasteiger charge is -2.33. The highest BCUT2D eigenvalue weighted by Crippen LogP contribution is 2.21. The van der Waals surface area contributed by atoms with E-state index in [-0.39, 0.29) is 207 Å². The van der Waals surface area contributed by atoms with E-state index in [0.29, 0.717) is 0 Å². The molecule has 20 heteroatoms. The normalized spacial score (nSPS) is 11.7. The van der Waals surface area contributed by atoms with Gasteiger partial charge in [0.15, 0.2) is 0 Å². The molecule has 0 radical (unpaired) electrons. The second-order valence-electron chi connectivity index (χ2n) is 32.2. The Hall–Kier alpha value is 1.08. The molecule has 98 heavy (non-hydrogen) atoms. The van der Waals surface area contributed by atoms with Gasteiger partial charge in [-0.2, -0.15) is 0 Å². The molecule has 0 unspecified atom stereocenters. The predicted octanol–water partition coefficient (Wildman–Crippen LogP) is -9.65. The molecule has 0 N–H and O–H groups in total. The van der Waals surface area contributed by atoms with Crippen LogP contribution in [-0.4, -0.2) is 282 Å². The zero-order valence-corrected chi connectivity index (χ0v) is 80.8. The fourth-order valence-electron chi connectivity index (χ4n) is 9.85. The molecule has 4 rings (SSSR count). The number of nitrogens with zero attached hydrogens (tertiary/aromatic N) is 8. The first-order valence-electron chi connectivity index (χ1n) is 33.8. The molecule has 0 aliphatic rings. The van der Waals surface area contributed by atoms with Gasteiger partial charge in [-0.3, -0.25) is 0 Å². The Morgan fingerprint density at radius 1 is 0.204 bits per heavy atom. The van der Waals surface area contributed by atoms with Crippen LogP contribution in [0.4, 0.5) is 0 Å². The summed E-state index contributed by atoms with van der Waals surface area (Å²) in [5.41, 5.74) is 4.69. The Kier molecular flexibility index (Phi) is 69.3. The number of benzene rings is 4. The lowest BCUT2D eigenvalue weighted by molar-refractivity contribution is -0.937. The highest BCUT2D eigenvalue weighted by atomic mass is 127. The molecule has 0 spiro atoms. The smallest absolute Gasteiger partial charge is 0.128 e. The van der Waals surface area contributed by atoms with Crippen LogP contribution in [0.3, 0.4) is 0 Å². The maximum absolute atomic E-state index is 6.01. The van der Waals surface area contributed by atoms with E-state index in [0.717, 1.165) is 111 Å². The van der Waals surface area contributed by atoms with E-state index in [9.17, 15) is 0 Å². The van der Waals surface area contributed by atoms with Crippen molar-refractivity contribution in [3.05, 3.63) is 119 Å². The monoisotopic (exact) mass is 2270 g/mol. The maximum atomic E-state index is 6.01. The number of quaternary nitrogens is 8. The topological polar surface area (TPSA) is 36.9 Å². The molecular weight excluding hydrogens is 2130 g/mol. The molecule has 0 amide bonds. The number of rotatable bonds is 44. The molecule has 576 valence electrons. The van der Waals surface area contributed by atoms with Gasteiger partial charge >= 0.3 is 0 Å². The Bertz CT molecular complexity index is 2370. The van der Waals surface area contributed by atoms with Gasteiger partial charge in [0.05, 0.1) is 194 Å². The summed E-state index contributed by atoms with van der Waals surface area (Å²) in [5, 5.41) is 0. The van der Waals surface area contributed by atoms with Crippen LogP contribution in [0.15, 0.2) is 97.1 Å². The van der Waals surface area contributed by atoms with E-state index in [4.69, 9.17) is 18.9 Å². The molecular formula is C78H144I8N8O4. The lowest BCUT2D eigenvalue weighted by atomic mass is 10.1. The number of ether oxygens (including phenoxy) is 4. The molecule has 4 aromatic carbocycles. The third-order valence-electron chi connectivity index (χ3n) is 16.7. The van der Waals surface area contributed by atoms with E-state index < -0.39 is 0 Å². The van der Waals surface area contributed by atoms with Crippen molar-refractivity contribution >= 4 is 24.3 Å². The highest BCUT2D eigenvalue weighted by Gasteiger charge is 2.23. The Morgan fingerprint density at radius 2 is 0.357 bits per heavy atom. The first-order chi connectivity index (χ1) is 41.0. The Balaban J connectivity index is -0.000000251. The van der Waals surface area contributed by atoms with Crippen molar-refractivity contribution in [2.45, 2.75) is 91.9 Å². The molecule has 12 nitrogen and oxygen atoms in total. The Labute approximate surface area is 741 Å². The van der Waals surface area contributed by atoms with Crippen LogP contribution < -0.4 is 211 Å². The molecule has 0 aliphatic heterocycles. The summed E-state index contributed by atoms with van der Waals surface area (Å²) in [4.78, 5) is 0. The zero-order valence-electron chi connectivity index (χ0n) is 63.6. The molecule has 4 aromatic rings.